The first-order valence-electron chi connectivity index (χ1n) is 12.2. The number of ketones is 4. The van der Waals surface area contributed by atoms with Gasteiger partial charge in [0, 0.05) is 49.9 Å². The van der Waals surface area contributed by atoms with Crippen LogP contribution in [-0.4, -0.2) is 42.1 Å². The maximum atomic E-state index is 10.9. The number of carbonyl (C=O) groups is 4. The van der Waals surface area contributed by atoms with Gasteiger partial charge in [-0.05, 0) is 43.8 Å². The van der Waals surface area contributed by atoms with Gasteiger partial charge in [0.25, 0.3) is 0 Å². The Morgan fingerprint density at radius 1 is 0.771 bits per heavy atom. The fraction of sp³-hybridized carbons (Fsp3) is 0.600. The van der Waals surface area contributed by atoms with Crippen molar-refractivity contribution in [1.29, 1.82) is 0 Å². The maximum Gasteiger partial charge on any atom is 0.207 e. The molecular weight excluding hydrogens is 438 g/mol. The minimum atomic E-state index is 0.0208. The number of allylic oxidation sites excluding steroid dienone is 2. The molecule has 35 heavy (non-hydrogen) atoms. The smallest absolute Gasteiger partial charge is 0.207 e. The molecule has 0 aromatic heterocycles. The van der Waals surface area contributed by atoms with Gasteiger partial charge in [0.05, 0.1) is 0 Å². The van der Waals surface area contributed by atoms with Gasteiger partial charge in [0.15, 0.2) is 11.6 Å². The summed E-state index contributed by atoms with van der Waals surface area (Å²) in [4.78, 5) is 44.6. The molecule has 0 atom stereocenters. The highest BCUT2D eigenvalue weighted by molar-refractivity contribution is 5.97. The summed E-state index contributed by atoms with van der Waals surface area (Å²) >= 11 is 0. The van der Waals surface area contributed by atoms with Crippen LogP contribution in [0, 0.1) is 53.3 Å². The quantitative estimate of drug-likeness (QED) is 0.269. The maximum absolute atomic E-state index is 10.9. The zero-order valence-electron chi connectivity index (χ0n) is 23.8. The Hall–Kier alpha value is -2.92. The van der Waals surface area contributed by atoms with Crippen LogP contribution in [0.3, 0.4) is 0 Å². The first-order valence-corrected chi connectivity index (χ1v) is 12.2. The summed E-state index contributed by atoms with van der Waals surface area (Å²) in [5.41, 5.74) is 0. The van der Waals surface area contributed by atoms with Gasteiger partial charge < -0.3 is 4.90 Å². The van der Waals surface area contributed by atoms with E-state index in [9.17, 15) is 19.2 Å². The molecule has 1 aliphatic rings. The fourth-order valence-corrected chi connectivity index (χ4v) is 1.46. The molecule has 1 aliphatic carbocycles. The van der Waals surface area contributed by atoms with Crippen LogP contribution in [0.2, 0.25) is 0 Å². The lowest BCUT2D eigenvalue weighted by molar-refractivity contribution is -0.118. The molecule has 0 spiro atoms. The summed E-state index contributed by atoms with van der Waals surface area (Å²) < 4.78 is 0. The third-order valence-electron chi connectivity index (χ3n) is 4.15. The van der Waals surface area contributed by atoms with Crippen molar-refractivity contribution in [2.75, 3.05) is 14.1 Å². The summed E-state index contributed by atoms with van der Waals surface area (Å²) in [5.74, 6) is 11.9. The van der Waals surface area contributed by atoms with Gasteiger partial charge >= 0.3 is 0 Å². The number of hydrogen-bond acceptors (Lipinski definition) is 5. The average Bonchev–Trinajstić information content (AvgIpc) is 3.60. The van der Waals surface area contributed by atoms with Crippen LogP contribution in [0.4, 0.5) is 0 Å². The molecule has 0 bridgehead atoms. The highest BCUT2D eigenvalue weighted by atomic mass is 16.1. The molecule has 0 heterocycles. The molecule has 0 saturated heterocycles. The van der Waals surface area contributed by atoms with Gasteiger partial charge in [0.2, 0.25) is 11.6 Å². The Morgan fingerprint density at radius 2 is 1.20 bits per heavy atom. The summed E-state index contributed by atoms with van der Waals surface area (Å²) in [5, 5.41) is 0. The molecular formula is C30H47NO4. The van der Waals surface area contributed by atoms with E-state index in [1.54, 1.807) is 19.2 Å². The van der Waals surface area contributed by atoms with Gasteiger partial charge in [-0.15, -0.1) is 0 Å². The summed E-state index contributed by atoms with van der Waals surface area (Å²) in [6.07, 6.45) is 7.11. The highest BCUT2D eigenvalue weighted by Crippen LogP contribution is 2.27. The molecule has 1 rings (SSSR count). The number of carbonyl (C=O) groups excluding carboxylic acids is 4. The predicted octanol–water partition coefficient (Wildman–Crippen LogP) is 5.54. The SMILES string of the molecule is C=CC(=O)C(C)C.CC#CC(=O)C(C)C.CC(C)C(=O)/C=C/N(C)C.CC(C)C(=O)C#CC1CC1. The Kier molecular flexibility index (Phi) is 22.6. The van der Waals surface area contributed by atoms with E-state index in [4.69, 9.17) is 0 Å². The van der Waals surface area contributed by atoms with Crippen LogP contribution in [0.5, 0.6) is 0 Å². The minimum Gasteiger partial charge on any atom is -0.383 e. The van der Waals surface area contributed by atoms with Crippen molar-refractivity contribution in [3.63, 3.8) is 0 Å². The normalized spacial score (nSPS) is 11.4. The monoisotopic (exact) mass is 485 g/mol. The lowest BCUT2D eigenvalue weighted by Crippen LogP contribution is -2.06. The Morgan fingerprint density at radius 3 is 1.43 bits per heavy atom. The van der Waals surface area contributed by atoms with Gasteiger partial charge in [-0.1, -0.05) is 73.8 Å². The predicted molar refractivity (Wildman–Crippen MR) is 146 cm³/mol. The highest BCUT2D eigenvalue weighted by Gasteiger charge is 2.18. The molecule has 0 N–H and O–H groups in total. The second kappa shape index (κ2) is 21.6. The largest absolute Gasteiger partial charge is 0.383 e. The third-order valence-corrected chi connectivity index (χ3v) is 4.15. The van der Waals surface area contributed by atoms with Crippen LogP contribution in [0.1, 0.15) is 75.2 Å². The van der Waals surface area contributed by atoms with Crippen LogP contribution in [0.25, 0.3) is 0 Å². The van der Waals surface area contributed by atoms with E-state index in [0.29, 0.717) is 5.92 Å². The minimum absolute atomic E-state index is 0.0208. The number of hydrogen-bond donors (Lipinski definition) is 0. The first-order chi connectivity index (χ1) is 16.1. The van der Waals surface area contributed by atoms with Crippen LogP contribution in [0.15, 0.2) is 24.9 Å². The van der Waals surface area contributed by atoms with Crippen molar-refractivity contribution in [2.24, 2.45) is 29.6 Å². The third kappa shape index (κ3) is 27.2. The number of Topliss-reactive ketones (excluding diaryl/α,β-unsaturated/α-hetero) is 2. The zero-order chi connectivity index (χ0) is 28.1. The molecule has 1 saturated carbocycles. The van der Waals surface area contributed by atoms with E-state index in [2.05, 4.69) is 30.3 Å². The van der Waals surface area contributed by atoms with Crippen molar-refractivity contribution in [3.8, 4) is 23.7 Å². The van der Waals surface area contributed by atoms with E-state index in [-0.39, 0.29) is 46.8 Å². The van der Waals surface area contributed by atoms with Gasteiger partial charge in [-0.2, -0.15) is 0 Å². The molecule has 5 heteroatoms. The van der Waals surface area contributed by atoms with Gasteiger partial charge in [-0.3, -0.25) is 19.2 Å². The molecule has 1 fully saturated rings. The van der Waals surface area contributed by atoms with Crippen LogP contribution >= 0.6 is 0 Å². The van der Waals surface area contributed by atoms with Crippen LogP contribution < -0.4 is 0 Å². The molecule has 0 amide bonds. The summed E-state index contributed by atoms with van der Waals surface area (Å²) in [6, 6.07) is 0. The van der Waals surface area contributed by atoms with Crippen molar-refractivity contribution in [2.45, 2.75) is 75.2 Å². The second-order valence-corrected chi connectivity index (χ2v) is 9.55. The number of nitrogens with zero attached hydrogens (tertiary/aromatic N) is 1. The van der Waals surface area contributed by atoms with Crippen molar-refractivity contribution >= 4 is 23.1 Å². The Bertz CT molecular complexity index is 818. The Balaban J connectivity index is -0.000000395. The second-order valence-electron chi connectivity index (χ2n) is 9.55. The molecule has 0 unspecified atom stereocenters. The van der Waals surface area contributed by atoms with E-state index in [1.807, 2.05) is 74.4 Å². The standard InChI is InChI=1S/C9H12O.C8H15NO.C7H10O.C6H10O/c1-7(2)9(10)6-5-8-3-4-8;1-7(2)8(10)5-6-9(3)4;1-4-5-7(8)6(2)3;1-4-6(7)5(2)3/h7-8H,3-4H2,1-2H3;5-7H,1-4H3;6H,1-3H3;4-5H,1H2,2-3H3/b;6-5+;;. The molecule has 5 nitrogen and oxygen atoms in total. The number of rotatable bonds is 7. The lowest BCUT2D eigenvalue weighted by atomic mass is 10.1. The average molecular weight is 486 g/mol. The van der Waals surface area contributed by atoms with E-state index < -0.39 is 0 Å². The van der Waals surface area contributed by atoms with Gasteiger partial charge in [-0.25, -0.2) is 0 Å². The summed E-state index contributed by atoms with van der Waals surface area (Å²) in [7, 11) is 3.79. The van der Waals surface area contributed by atoms with E-state index in [0.717, 1.165) is 0 Å². The van der Waals surface area contributed by atoms with Gasteiger partial charge in [0.1, 0.15) is 0 Å². The van der Waals surface area contributed by atoms with E-state index >= 15 is 0 Å². The fourth-order valence-electron chi connectivity index (χ4n) is 1.46. The van der Waals surface area contributed by atoms with Crippen molar-refractivity contribution in [1.82, 2.24) is 4.90 Å². The molecule has 0 aliphatic heterocycles. The molecule has 196 valence electrons. The first kappa shape index (κ1) is 36.6. The molecule has 0 aromatic rings. The summed E-state index contributed by atoms with van der Waals surface area (Å²) in [6.45, 7) is 19.9. The molecule has 0 radical (unpaired) electrons. The van der Waals surface area contributed by atoms with Crippen molar-refractivity contribution < 1.29 is 19.2 Å². The lowest BCUT2D eigenvalue weighted by Gasteiger charge is -2.03. The van der Waals surface area contributed by atoms with Crippen molar-refractivity contribution in [3.05, 3.63) is 24.9 Å². The van der Waals surface area contributed by atoms with E-state index in [1.165, 1.54) is 18.9 Å². The Labute approximate surface area is 214 Å². The topological polar surface area (TPSA) is 71.5 Å². The zero-order valence-corrected chi connectivity index (χ0v) is 23.8. The molecule has 0 aromatic carbocycles. The van der Waals surface area contributed by atoms with Crippen LogP contribution in [-0.2, 0) is 19.2 Å².